The molecule has 2 unspecified atom stereocenters. The molecule has 0 heterocycles. The number of hydrogen-bond acceptors (Lipinski definition) is 3. The van der Waals surface area contributed by atoms with Crippen LogP contribution in [0.2, 0.25) is 0 Å². The van der Waals surface area contributed by atoms with Crippen molar-refractivity contribution in [3.63, 3.8) is 0 Å². The summed E-state index contributed by atoms with van der Waals surface area (Å²) < 4.78 is 0. The minimum absolute atomic E-state index is 0.0813. The van der Waals surface area contributed by atoms with E-state index in [1.807, 2.05) is 6.08 Å². The van der Waals surface area contributed by atoms with Crippen molar-refractivity contribution < 1.29 is 15.0 Å². The Bertz CT molecular complexity index is 1630. The number of aliphatic hydroxyl groups excluding tert-OH is 2. The van der Waals surface area contributed by atoms with Crippen LogP contribution >= 0.6 is 0 Å². The quantitative estimate of drug-likeness (QED) is 0.0420. The van der Waals surface area contributed by atoms with Gasteiger partial charge in [0.1, 0.15) is 0 Å². The second-order valence-corrected chi connectivity index (χ2v) is 22.5. The van der Waals surface area contributed by atoms with Crippen molar-refractivity contribution in [2.24, 2.45) is 0 Å². The van der Waals surface area contributed by atoms with Crippen LogP contribution < -0.4 is 5.32 Å². The fraction of sp³-hybridized carbons (Fsp3) is 0.671. The lowest BCUT2D eigenvalue weighted by molar-refractivity contribution is -0.123. The van der Waals surface area contributed by atoms with Crippen LogP contribution in [0.25, 0.3) is 0 Å². The van der Waals surface area contributed by atoms with Crippen LogP contribution in [-0.4, -0.2) is 34.9 Å². The molecule has 0 aliphatic heterocycles. The van der Waals surface area contributed by atoms with Crippen molar-refractivity contribution in [3.8, 4) is 0 Å². The molecule has 0 aliphatic rings. The van der Waals surface area contributed by atoms with Gasteiger partial charge in [-0.15, -0.1) is 0 Å². The molecule has 456 valence electrons. The van der Waals surface area contributed by atoms with Crippen molar-refractivity contribution in [1.29, 1.82) is 0 Å². The van der Waals surface area contributed by atoms with Crippen molar-refractivity contribution in [2.45, 2.75) is 321 Å². The maximum absolute atomic E-state index is 12.5. The number of rotatable bonds is 61. The number of amides is 1. The van der Waals surface area contributed by atoms with E-state index in [0.29, 0.717) is 6.42 Å². The van der Waals surface area contributed by atoms with Crippen LogP contribution in [-0.2, 0) is 4.79 Å². The highest BCUT2D eigenvalue weighted by atomic mass is 16.3. The monoisotopic (exact) mass is 1100 g/mol. The van der Waals surface area contributed by atoms with Crippen LogP contribution in [0.15, 0.2) is 146 Å². The first-order valence-corrected chi connectivity index (χ1v) is 34.0. The SMILES string of the molecule is CC/C=C\C/C=C\C/C=C\C/C=C\C/C=C\C/C=C\C/C=C\C/C=C\C/C=C\C/C=C\CCCCCCCCCCCCC(=O)NC(CO)C(O)/C=C/CC/C=C/CCCCCCCCCCCCCCCCCCCCCCC. The van der Waals surface area contributed by atoms with Gasteiger partial charge in [0.25, 0.3) is 0 Å². The third-order valence-corrected chi connectivity index (χ3v) is 14.8. The van der Waals surface area contributed by atoms with Crippen molar-refractivity contribution in [2.75, 3.05) is 6.61 Å². The summed E-state index contributed by atoms with van der Waals surface area (Å²) in [7, 11) is 0. The van der Waals surface area contributed by atoms with Crippen molar-refractivity contribution in [1.82, 2.24) is 5.32 Å². The molecule has 0 aliphatic carbocycles. The third kappa shape index (κ3) is 65.1. The fourth-order valence-corrected chi connectivity index (χ4v) is 9.70. The smallest absolute Gasteiger partial charge is 0.220 e. The van der Waals surface area contributed by atoms with Gasteiger partial charge in [-0.25, -0.2) is 0 Å². The standard InChI is InChI=1S/C76H129NO3/c1-3-5-7-9-11-13-15-17-19-21-23-25-27-29-31-32-33-34-35-36-37-38-39-40-41-42-43-44-46-48-50-52-54-56-58-60-62-64-66-68-70-72-76(80)77-74(73-78)75(79)71-69-67-65-63-61-59-57-55-53-51-49-47-45-30-28-26-24-22-20-18-16-14-12-10-8-6-4-2/h5,7,11,13,17,19,23,25,29,31,33-34,36-37,39-40,42-43,46,48,61,63,69,71,74-75,78-79H,3-4,6,8-10,12,14-16,18,20-22,24,26-28,30,32,35,38,41,44-45,47,49-60,62,64-68,70,72-73H2,1-2H3,(H,77,80)/b7-5-,13-11-,19-17-,25-23-,31-29-,34-33-,37-36-,40-39-,43-42-,48-46-,63-61+,71-69+. The zero-order chi connectivity index (χ0) is 57.6. The van der Waals surface area contributed by atoms with Gasteiger partial charge in [-0.3, -0.25) is 4.79 Å². The van der Waals surface area contributed by atoms with Gasteiger partial charge in [0.15, 0.2) is 0 Å². The molecular weight excluding hydrogens is 975 g/mol. The normalized spacial score (nSPS) is 13.7. The average molecular weight is 1100 g/mol. The van der Waals surface area contributed by atoms with Gasteiger partial charge < -0.3 is 15.5 Å². The Kier molecular flexibility index (Phi) is 66.3. The summed E-state index contributed by atoms with van der Waals surface area (Å²) in [6, 6.07) is -0.653. The first-order valence-electron chi connectivity index (χ1n) is 34.0. The molecule has 2 atom stereocenters. The van der Waals surface area contributed by atoms with Gasteiger partial charge in [0.05, 0.1) is 18.8 Å². The number of unbranched alkanes of at least 4 members (excludes halogenated alkanes) is 32. The Balaban J connectivity index is 3.60. The predicted molar refractivity (Wildman–Crippen MR) is 358 cm³/mol. The van der Waals surface area contributed by atoms with Gasteiger partial charge in [0, 0.05) is 6.42 Å². The van der Waals surface area contributed by atoms with Crippen LogP contribution in [0.5, 0.6) is 0 Å². The molecule has 4 heteroatoms. The molecule has 80 heavy (non-hydrogen) atoms. The second-order valence-electron chi connectivity index (χ2n) is 22.5. The highest BCUT2D eigenvalue weighted by Crippen LogP contribution is 2.17. The van der Waals surface area contributed by atoms with Gasteiger partial charge in [-0.05, 0) is 109 Å². The molecule has 3 N–H and O–H groups in total. The van der Waals surface area contributed by atoms with E-state index in [1.54, 1.807) is 6.08 Å². The summed E-state index contributed by atoms with van der Waals surface area (Å²) in [5.74, 6) is -0.0813. The minimum Gasteiger partial charge on any atom is -0.394 e. The maximum Gasteiger partial charge on any atom is 0.220 e. The molecular formula is C76H129NO3. The van der Waals surface area contributed by atoms with Crippen LogP contribution in [0.3, 0.4) is 0 Å². The topological polar surface area (TPSA) is 69.6 Å². The summed E-state index contributed by atoms with van der Waals surface area (Å²) in [6.07, 6.45) is 109. The number of hydrogen-bond donors (Lipinski definition) is 3. The summed E-state index contributed by atoms with van der Waals surface area (Å²) in [5, 5.41) is 23.2. The average Bonchev–Trinajstić information content (AvgIpc) is 3.46. The lowest BCUT2D eigenvalue weighted by Gasteiger charge is -2.19. The van der Waals surface area contributed by atoms with E-state index >= 15 is 0 Å². The lowest BCUT2D eigenvalue weighted by atomic mass is 10.0. The Morgan fingerprint density at radius 2 is 0.562 bits per heavy atom. The second kappa shape index (κ2) is 69.5. The number of aliphatic hydroxyl groups is 2. The molecule has 0 spiro atoms. The Morgan fingerprint density at radius 1 is 0.312 bits per heavy atom. The molecule has 1 amide bonds. The lowest BCUT2D eigenvalue weighted by Crippen LogP contribution is -2.45. The van der Waals surface area contributed by atoms with E-state index in [9.17, 15) is 15.0 Å². The van der Waals surface area contributed by atoms with Gasteiger partial charge in [0.2, 0.25) is 5.91 Å². The molecule has 0 bridgehead atoms. The summed E-state index contributed by atoms with van der Waals surface area (Å²) in [5.41, 5.74) is 0. The first kappa shape index (κ1) is 76.3. The third-order valence-electron chi connectivity index (χ3n) is 14.8. The number of allylic oxidation sites excluding steroid dienone is 23. The minimum atomic E-state index is -0.875. The van der Waals surface area contributed by atoms with Gasteiger partial charge in [-0.1, -0.05) is 339 Å². The van der Waals surface area contributed by atoms with E-state index in [1.165, 1.54) is 186 Å². The molecule has 0 aromatic rings. The van der Waals surface area contributed by atoms with Crippen LogP contribution in [0.1, 0.15) is 309 Å². The van der Waals surface area contributed by atoms with Crippen molar-refractivity contribution >= 4 is 5.91 Å². The highest BCUT2D eigenvalue weighted by molar-refractivity contribution is 5.76. The van der Waals surface area contributed by atoms with E-state index in [0.717, 1.165) is 103 Å². The molecule has 0 radical (unpaired) electrons. The molecule has 0 aromatic heterocycles. The van der Waals surface area contributed by atoms with Crippen molar-refractivity contribution in [3.05, 3.63) is 146 Å². The largest absolute Gasteiger partial charge is 0.394 e. The molecule has 0 rings (SSSR count). The highest BCUT2D eigenvalue weighted by Gasteiger charge is 2.18. The zero-order valence-corrected chi connectivity index (χ0v) is 52.5. The Hall–Kier alpha value is -3.73. The van der Waals surface area contributed by atoms with Gasteiger partial charge >= 0.3 is 0 Å². The van der Waals surface area contributed by atoms with Crippen LogP contribution in [0, 0.1) is 0 Å². The summed E-state index contributed by atoms with van der Waals surface area (Å²) >= 11 is 0. The zero-order valence-electron chi connectivity index (χ0n) is 52.5. The molecule has 0 saturated heterocycles. The number of nitrogens with one attached hydrogen (secondary N) is 1. The molecule has 0 aromatic carbocycles. The molecule has 4 nitrogen and oxygen atoms in total. The first-order chi connectivity index (χ1) is 39.7. The summed E-state index contributed by atoms with van der Waals surface area (Å²) in [6.45, 7) is 4.20. The molecule has 0 saturated carbocycles. The van der Waals surface area contributed by atoms with E-state index in [2.05, 4.69) is 153 Å². The van der Waals surface area contributed by atoms with E-state index in [4.69, 9.17) is 0 Å². The molecule has 0 fully saturated rings. The van der Waals surface area contributed by atoms with Crippen LogP contribution in [0.4, 0.5) is 0 Å². The van der Waals surface area contributed by atoms with E-state index < -0.39 is 12.1 Å². The van der Waals surface area contributed by atoms with Gasteiger partial charge in [-0.2, -0.15) is 0 Å². The summed E-state index contributed by atoms with van der Waals surface area (Å²) in [4.78, 5) is 12.5. The predicted octanol–water partition coefficient (Wildman–Crippen LogP) is 23.5. The number of carbonyl (C=O) groups excluding carboxylic acids is 1. The number of carbonyl (C=O) groups is 1. The fourth-order valence-electron chi connectivity index (χ4n) is 9.70. The van der Waals surface area contributed by atoms with E-state index in [-0.39, 0.29) is 12.5 Å². The Morgan fingerprint density at radius 3 is 0.875 bits per heavy atom. The Labute approximate surface area is 497 Å². The maximum atomic E-state index is 12.5.